The van der Waals surface area contributed by atoms with Gasteiger partial charge in [0.1, 0.15) is 6.61 Å². The van der Waals surface area contributed by atoms with E-state index in [0.29, 0.717) is 28.1 Å². The molecule has 134 valence electrons. The van der Waals surface area contributed by atoms with Gasteiger partial charge in [-0.3, -0.25) is 0 Å². The SMILES string of the molecule is Cc1cc2nc(SCCOC(=O)c3ccc(Cl)cc3)nc(C)c2cc1C. The summed E-state index contributed by atoms with van der Waals surface area (Å²) in [4.78, 5) is 21.1. The van der Waals surface area contributed by atoms with Crippen LogP contribution >= 0.6 is 23.4 Å². The molecule has 0 N–H and O–H groups in total. The average molecular weight is 387 g/mol. The summed E-state index contributed by atoms with van der Waals surface area (Å²) in [5, 5.41) is 2.36. The van der Waals surface area contributed by atoms with E-state index in [2.05, 4.69) is 35.9 Å². The van der Waals surface area contributed by atoms with Crippen molar-refractivity contribution in [3.8, 4) is 0 Å². The fourth-order valence-electron chi connectivity index (χ4n) is 2.52. The number of carbonyl (C=O) groups excluding carboxylic acids is 1. The Labute approximate surface area is 162 Å². The predicted octanol–water partition coefficient (Wildman–Crippen LogP) is 5.16. The van der Waals surface area contributed by atoms with Crippen molar-refractivity contribution in [2.75, 3.05) is 12.4 Å². The Morgan fingerprint density at radius 2 is 1.77 bits per heavy atom. The zero-order chi connectivity index (χ0) is 18.7. The van der Waals surface area contributed by atoms with Crippen molar-refractivity contribution in [2.24, 2.45) is 0 Å². The summed E-state index contributed by atoms with van der Waals surface area (Å²) < 4.78 is 5.28. The quantitative estimate of drug-likeness (QED) is 0.262. The van der Waals surface area contributed by atoms with E-state index in [9.17, 15) is 4.79 Å². The third kappa shape index (κ3) is 4.34. The number of aromatic nitrogens is 2. The molecule has 0 aliphatic carbocycles. The Morgan fingerprint density at radius 1 is 1.08 bits per heavy atom. The van der Waals surface area contributed by atoms with E-state index in [1.807, 2.05) is 6.92 Å². The molecule has 0 unspecified atom stereocenters. The van der Waals surface area contributed by atoms with E-state index in [1.165, 1.54) is 22.9 Å². The summed E-state index contributed by atoms with van der Waals surface area (Å²) in [5.74, 6) is 0.235. The molecular formula is C20H19ClN2O2S. The lowest BCUT2D eigenvalue weighted by atomic mass is 10.1. The third-order valence-corrected chi connectivity index (χ3v) is 5.17. The number of halogens is 1. The predicted molar refractivity (Wildman–Crippen MR) is 106 cm³/mol. The van der Waals surface area contributed by atoms with Crippen LogP contribution in [0.1, 0.15) is 27.2 Å². The Hall–Kier alpha value is -2.11. The van der Waals surface area contributed by atoms with Crippen LogP contribution in [0.2, 0.25) is 5.02 Å². The Bertz CT molecular complexity index is 958. The second-order valence-corrected chi connectivity index (χ2v) is 7.53. The highest BCUT2D eigenvalue weighted by Crippen LogP contribution is 2.23. The number of fused-ring (bicyclic) bond motifs is 1. The molecule has 0 spiro atoms. The lowest BCUT2D eigenvalue weighted by molar-refractivity contribution is 0.0530. The van der Waals surface area contributed by atoms with Crippen LogP contribution in [0.4, 0.5) is 0 Å². The van der Waals surface area contributed by atoms with E-state index in [-0.39, 0.29) is 5.97 Å². The van der Waals surface area contributed by atoms with Gasteiger partial charge in [0.2, 0.25) is 0 Å². The highest BCUT2D eigenvalue weighted by molar-refractivity contribution is 7.99. The largest absolute Gasteiger partial charge is 0.461 e. The minimum Gasteiger partial charge on any atom is -0.461 e. The number of hydrogen-bond donors (Lipinski definition) is 0. The first kappa shape index (κ1) is 18.7. The van der Waals surface area contributed by atoms with E-state index in [1.54, 1.807) is 24.3 Å². The summed E-state index contributed by atoms with van der Waals surface area (Å²) in [6, 6.07) is 10.9. The van der Waals surface area contributed by atoms with Crippen molar-refractivity contribution in [3.05, 3.63) is 63.8 Å². The fraction of sp³-hybridized carbons (Fsp3) is 0.250. The first-order chi connectivity index (χ1) is 12.4. The van der Waals surface area contributed by atoms with Gasteiger partial charge in [0.15, 0.2) is 5.16 Å². The van der Waals surface area contributed by atoms with Gasteiger partial charge < -0.3 is 4.74 Å². The van der Waals surface area contributed by atoms with Gasteiger partial charge in [0, 0.05) is 21.9 Å². The first-order valence-corrected chi connectivity index (χ1v) is 9.61. The topological polar surface area (TPSA) is 52.1 Å². The van der Waals surface area contributed by atoms with Crippen LogP contribution in [0.15, 0.2) is 41.6 Å². The van der Waals surface area contributed by atoms with Gasteiger partial charge in [-0.1, -0.05) is 23.4 Å². The zero-order valence-corrected chi connectivity index (χ0v) is 16.4. The minimum atomic E-state index is -0.357. The average Bonchev–Trinajstić information content (AvgIpc) is 2.61. The molecular weight excluding hydrogens is 368 g/mol. The van der Waals surface area contributed by atoms with Crippen molar-refractivity contribution in [1.29, 1.82) is 0 Å². The number of nitrogens with zero attached hydrogens (tertiary/aromatic N) is 2. The maximum absolute atomic E-state index is 12.0. The van der Waals surface area contributed by atoms with E-state index in [4.69, 9.17) is 16.3 Å². The van der Waals surface area contributed by atoms with E-state index >= 15 is 0 Å². The summed E-state index contributed by atoms with van der Waals surface area (Å²) in [6.45, 7) is 6.45. The molecule has 2 aromatic carbocycles. The van der Waals surface area contributed by atoms with E-state index < -0.39 is 0 Å². The zero-order valence-electron chi connectivity index (χ0n) is 14.9. The van der Waals surface area contributed by atoms with Gasteiger partial charge in [0.25, 0.3) is 0 Å². The number of carbonyl (C=O) groups is 1. The summed E-state index contributed by atoms with van der Waals surface area (Å²) >= 11 is 7.29. The lowest BCUT2D eigenvalue weighted by Crippen LogP contribution is -2.08. The number of aryl methyl sites for hydroxylation is 3. The van der Waals surface area contributed by atoms with Gasteiger partial charge >= 0.3 is 5.97 Å². The van der Waals surface area contributed by atoms with Crippen LogP contribution in [0.3, 0.4) is 0 Å². The number of ether oxygens (including phenoxy) is 1. The highest BCUT2D eigenvalue weighted by atomic mass is 35.5. The number of rotatable bonds is 5. The van der Waals surface area contributed by atoms with Crippen molar-refractivity contribution >= 4 is 40.2 Å². The van der Waals surface area contributed by atoms with Crippen molar-refractivity contribution in [3.63, 3.8) is 0 Å². The Morgan fingerprint density at radius 3 is 2.50 bits per heavy atom. The standard InChI is InChI=1S/C20H19ClN2O2S/c1-12-10-17-14(3)22-20(23-18(17)11-13(12)2)26-9-8-25-19(24)15-4-6-16(21)7-5-15/h4-7,10-11H,8-9H2,1-3H3. The second kappa shape index (κ2) is 8.06. The van der Waals surface area contributed by atoms with Crippen LogP contribution in [-0.4, -0.2) is 28.3 Å². The molecule has 0 amide bonds. The lowest BCUT2D eigenvalue weighted by Gasteiger charge is -2.08. The fourth-order valence-corrected chi connectivity index (χ4v) is 3.36. The monoisotopic (exact) mass is 386 g/mol. The molecule has 1 heterocycles. The number of esters is 1. The first-order valence-electron chi connectivity index (χ1n) is 8.25. The van der Waals surface area contributed by atoms with Crippen LogP contribution < -0.4 is 0 Å². The van der Waals surface area contributed by atoms with Gasteiger partial charge in [-0.2, -0.15) is 0 Å². The molecule has 3 aromatic rings. The molecule has 0 fully saturated rings. The van der Waals surface area contributed by atoms with Gasteiger partial charge in [-0.05, 0) is 68.3 Å². The van der Waals surface area contributed by atoms with Crippen molar-refractivity contribution in [1.82, 2.24) is 9.97 Å². The van der Waals surface area contributed by atoms with Gasteiger partial charge in [0.05, 0.1) is 11.1 Å². The molecule has 6 heteroatoms. The molecule has 0 atom stereocenters. The van der Waals surface area contributed by atoms with Crippen molar-refractivity contribution < 1.29 is 9.53 Å². The third-order valence-electron chi connectivity index (χ3n) is 4.11. The second-order valence-electron chi connectivity index (χ2n) is 6.04. The maximum atomic E-state index is 12.0. The smallest absolute Gasteiger partial charge is 0.338 e. The molecule has 0 saturated heterocycles. The molecule has 3 rings (SSSR count). The molecule has 1 aromatic heterocycles. The summed E-state index contributed by atoms with van der Waals surface area (Å²) in [6.07, 6.45) is 0. The number of hydrogen-bond acceptors (Lipinski definition) is 5. The minimum absolute atomic E-state index is 0.291. The van der Waals surface area contributed by atoms with Gasteiger partial charge in [-0.15, -0.1) is 0 Å². The van der Waals surface area contributed by atoms with Crippen LogP contribution in [0, 0.1) is 20.8 Å². The molecule has 4 nitrogen and oxygen atoms in total. The Balaban J connectivity index is 1.60. The molecule has 0 radical (unpaired) electrons. The molecule has 26 heavy (non-hydrogen) atoms. The summed E-state index contributed by atoms with van der Waals surface area (Å²) in [5.41, 5.74) is 4.84. The number of benzene rings is 2. The summed E-state index contributed by atoms with van der Waals surface area (Å²) in [7, 11) is 0. The normalized spacial score (nSPS) is 10.9. The molecule has 0 saturated carbocycles. The van der Waals surface area contributed by atoms with Crippen LogP contribution in [0.5, 0.6) is 0 Å². The Kier molecular flexibility index (Phi) is 5.79. The number of thioether (sulfide) groups is 1. The van der Waals surface area contributed by atoms with Crippen molar-refractivity contribution in [2.45, 2.75) is 25.9 Å². The molecule has 0 aliphatic rings. The van der Waals surface area contributed by atoms with Crippen LogP contribution in [0.25, 0.3) is 10.9 Å². The van der Waals surface area contributed by atoms with Crippen LogP contribution in [-0.2, 0) is 4.74 Å². The molecule has 0 bridgehead atoms. The van der Waals surface area contributed by atoms with E-state index in [0.717, 1.165) is 16.6 Å². The van der Waals surface area contributed by atoms with Gasteiger partial charge in [-0.25, -0.2) is 14.8 Å². The highest BCUT2D eigenvalue weighted by Gasteiger charge is 2.09. The maximum Gasteiger partial charge on any atom is 0.338 e. The molecule has 0 aliphatic heterocycles.